The third-order valence-corrected chi connectivity index (χ3v) is 3.33. The Bertz CT molecular complexity index is 357. The van der Waals surface area contributed by atoms with E-state index in [1.165, 1.54) is 6.42 Å². The SMILES string of the molecule is COc1ncccc1CN[C@H]1CCCC[C@@H]1O. The Kier molecular flexibility index (Phi) is 4.34. The second kappa shape index (κ2) is 5.98. The molecule has 0 saturated heterocycles. The highest BCUT2D eigenvalue weighted by Gasteiger charge is 2.22. The lowest BCUT2D eigenvalue weighted by atomic mass is 9.92. The van der Waals surface area contributed by atoms with E-state index in [0.29, 0.717) is 12.4 Å². The molecule has 1 aliphatic carbocycles. The van der Waals surface area contributed by atoms with Gasteiger partial charge in [-0.15, -0.1) is 0 Å². The number of pyridine rings is 1. The summed E-state index contributed by atoms with van der Waals surface area (Å²) in [5.74, 6) is 0.658. The molecule has 1 aromatic rings. The van der Waals surface area contributed by atoms with Crippen molar-refractivity contribution in [3.8, 4) is 5.88 Å². The van der Waals surface area contributed by atoms with Gasteiger partial charge in [0.2, 0.25) is 5.88 Å². The lowest BCUT2D eigenvalue weighted by Crippen LogP contribution is -2.41. The highest BCUT2D eigenvalue weighted by atomic mass is 16.5. The maximum Gasteiger partial charge on any atom is 0.217 e. The van der Waals surface area contributed by atoms with Crippen LogP contribution >= 0.6 is 0 Å². The molecule has 1 heterocycles. The molecule has 1 saturated carbocycles. The number of nitrogens with one attached hydrogen (secondary N) is 1. The fraction of sp³-hybridized carbons (Fsp3) is 0.615. The second-order valence-corrected chi connectivity index (χ2v) is 4.51. The van der Waals surface area contributed by atoms with Crippen LogP contribution in [0.4, 0.5) is 0 Å². The van der Waals surface area contributed by atoms with Crippen LogP contribution in [0.15, 0.2) is 18.3 Å². The number of aromatic nitrogens is 1. The average Bonchev–Trinajstić information content (AvgIpc) is 2.38. The fourth-order valence-electron chi connectivity index (χ4n) is 2.33. The molecule has 2 N–H and O–H groups in total. The average molecular weight is 236 g/mol. The molecule has 4 nitrogen and oxygen atoms in total. The van der Waals surface area contributed by atoms with Gasteiger partial charge in [0.1, 0.15) is 0 Å². The summed E-state index contributed by atoms with van der Waals surface area (Å²) in [5, 5.41) is 13.3. The first-order valence-electron chi connectivity index (χ1n) is 6.20. The van der Waals surface area contributed by atoms with Gasteiger partial charge in [0.25, 0.3) is 0 Å². The molecule has 2 rings (SSSR count). The zero-order chi connectivity index (χ0) is 12.1. The van der Waals surface area contributed by atoms with E-state index in [-0.39, 0.29) is 12.1 Å². The van der Waals surface area contributed by atoms with Crippen LogP contribution < -0.4 is 10.1 Å². The maximum absolute atomic E-state index is 9.86. The van der Waals surface area contributed by atoms with Crippen LogP contribution in [0, 0.1) is 0 Å². The van der Waals surface area contributed by atoms with E-state index in [4.69, 9.17) is 4.74 Å². The highest BCUT2D eigenvalue weighted by molar-refractivity contribution is 5.25. The minimum atomic E-state index is -0.216. The second-order valence-electron chi connectivity index (χ2n) is 4.51. The number of nitrogens with zero attached hydrogens (tertiary/aromatic N) is 1. The van der Waals surface area contributed by atoms with Crippen LogP contribution in [-0.4, -0.2) is 29.3 Å². The van der Waals surface area contributed by atoms with Crippen molar-refractivity contribution in [3.63, 3.8) is 0 Å². The molecule has 0 aliphatic heterocycles. The summed E-state index contributed by atoms with van der Waals surface area (Å²) in [5.41, 5.74) is 1.03. The number of methoxy groups -OCH3 is 1. The Morgan fingerprint density at radius 2 is 2.29 bits per heavy atom. The highest BCUT2D eigenvalue weighted by Crippen LogP contribution is 2.20. The van der Waals surface area contributed by atoms with Crippen molar-refractivity contribution in [2.75, 3.05) is 7.11 Å². The number of hydrogen-bond donors (Lipinski definition) is 2. The Balaban J connectivity index is 1.92. The maximum atomic E-state index is 9.86. The van der Waals surface area contributed by atoms with Crippen molar-refractivity contribution < 1.29 is 9.84 Å². The predicted molar refractivity (Wildman–Crippen MR) is 65.9 cm³/mol. The van der Waals surface area contributed by atoms with E-state index in [0.717, 1.165) is 24.8 Å². The molecule has 17 heavy (non-hydrogen) atoms. The summed E-state index contributed by atoms with van der Waals surface area (Å²) in [7, 11) is 1.63. The van der Waals surface area contributed by atoms with Crippen LogP contribution in [0.1, 0.15) is 31.2 Å². The summed E-state index contributed by atoms with van der Waals surface area (Å²) in [6.07, 6.45) is 5.78. The molecule has 1 aromatic heterocycles. The van der Waals surface area contributed by atoms with E-state index < -0.39 is 0 Å². The van der Waals surface area contributed by atoms with E-state index in [9.17, 15) is 5.11 Å². The first-order valence-corrected chi connectivity index (χ1v) is 6.20. The fourth-order valence-corrected chi connectivity index (χ4v) is 2.33. The molecule has 1 aliphatic rings. The van der Waals surface area contributed by atoms with Crippen LogP contribution in [0.5, 0.6) is 5.88 Å². The van der Waals surface area contributed by atoms with Crippen molar-refractivity contribution in [1.82, 2.24) is 10.3 Å². The molecule has 0 unspecified atom stereocenters. The molecule has 0 amide bonds. The standard InChI is InChI=1S/C13H20N2O2/c1-17-13-10(5-4-8-14-13)9-15-11-6-2-3-7-12(11)16/h4-5,8,11-12,15-16H,2-3,6-7,9H2,1H3/t11-,12-/m0/s1. The Hall–Kier alpha value is -1.13. The smallest absolute Gasteiger partial charge is 0.217 e. The van der Waals surface area contributed by atoms with Crippen LogP contribution in [-0.2, 0) is 6.54 Å². The van der Waals surface area contributed by atoms with Gasteiger partial charge in [-0.1, -0.05) is 18.9 Å². The number of ether oxygens (including phenoxy) is 1. The van der Waals surface area contributed by atoms with Gasteiger partial charge in [0.05, 0.1) is 13.2 Å². The van der Waals surface area contributed by atoms with Gasteiger partial charge in [-0.3, -0.25) is 0 Å². The van der Waals surface area contributed by atoms with Gasteiger partial charge < -0.3 is 15.2 Å². The Morgan fingerprint density at radius 3 is 3.06 bits per heavy atom. The van der Waals surface area contributed by atoms with E-state index in [1.807, 2.05) is 12.1 Å². The summed E-state index contributed by atoms with van der Waals surface area (Å²) in [4.78, 5) is 4.16. The third-order valence-electron chi connectivity index (χ3n) is 3.33. The monoisotopic (exact) mass is 236 g/mol. The predicted octanol–water partition coefficient (Wildman–Crippen LogP) is 1.48. The van der Waals surface area contributed by atoms with Crippen molar-refractivity contribution in [2.45, 2.75) is 44.4 Å². The van der Waals surface area contributed by atoms with E-state index in [1.54, 1.807) is 13.3 Å². The van der Waals surface area contributed by atoms with Gasteiger partial charge in [-0.25, -0.2) is 4.98 Å². The molecule has 4 heteroatoms. The van der Waals surface area contributed by atoms with Crippen LogP contribution in [0.25, 0.3) is 0 Å². The lowest BCUT2D eigenvalue weighted by Gasteiger charge is -2.28. The minimum absolute atomic E-state index is 0.202. The van der Waals surface area contributed by atoms with Crippen molar-refractivity contribution in [3.05, 3.63) is 23.9 Å². The van der Waals surface area contributed by atoms with Crippen molar-refractivity contribution >= 4 is 0 Å². The van der Waals surface area contributed by atoms with Crippen LogP contribution in [0.3, 0.4) is 0 Å². The molecule has 0 radical (unpaired) electrons. The summed E-state index contributed by atoms with van der Waals surface area (Å²) in [6.45, 7) is 0.693. The number of aliphatic hydroxyl groups excluding tert-OH is 1. The third kappa shape index (κ3) is 3.17. The first kappa shape index (κ1) is 12.3. The van der Waals surface area contributed by atoms with Gasteiger partial charge in [-0.2, -0.15) is 0 Å². The zero-order valence-electron chi connectivity index (χ0n) is 10.2. The quantitative estimate of drug-likeness (QED) is 0.831. The topological polar surface area (TPSA) is 54.4 Å². The van der Waals surface area contributed by atoms with Crippen LogP contribution in [0.2, 0.25) is 0 Å². The summed E-state index contributed by atoms with van der Waals surface area (Å²) >= 11 is 0. The van der Waals surface area contributed by atoms with E-state index >= 15 is 0 Å². The summed E-state index contributed by atoms with van der Waals surface area (Å²) < 4.78 is 5.20. The minimum Gasteiger partial charge on any atom is -0.481 e. The molecular formula is C13H20N2O2. The molecule has 0 bridgehead atoms. The van der Waals surface area contributed by atoms with E-state index in [2.05, 4.69) is 10.3 Å². The molecule has 1 fully saturated rings. The summed E-state index contributed by atoms with van der Waals surface area (Å²) in [6, 6.07) is 4.10. The number of rotatable bonds is 4. The molecule has 0 aromatic carbocycles. The normalized spacial score (nSPS) is 24.6. The van der Waals surface area contributed by atoms with Crippen molar-refractivity contribution in [2.24, 2.45) is 0 Å². The van der Waals surface area contributed by atoms with Gasteiger partial charge in [0.15, 0.2) is 0 Å². The molecule has 94 valence electrons. The Labute approximate surface area is 102 Å². The Morgan fingerprint density at radius 1 is 1.47 bits per heavy atom. The van der Waals surface area contributed by atoms with Gasteiger partial charge in [-0.05, 0) is 18.9 Å². The van der Waals surface area contributed by atoms with Gasteiger partial charge in [0, 0.05) is 24.3 Å². The molecule has 2 atom stereocenters. The zero-order valence-corrected chi connectivity index (χ0v) is 10.2. The van der Waals surface area contributed by atoms with Crippen molar-refractivity contribution in [1.29, 1.82) is 0 Å². The largest absolute Gasteiger partial charge is 0.481 e. The first-order chi connectivity index (χ1) is 8.31. The molecular weight excluding hydrogens is 216 g/mol. The lowest BCUT2D eigenvalue weighted by molar-refractivity contribution is 0.0901. The number of aliphatic hydroxyl groups is 1. The van der Waals surface area contributed by atoms with Gasteiger partial charge >= 0.3 is 0 Å². The number of hydrogen-bond acceptors (Lipinski definition) is 4. The molecule has 0 spiro atoms.